The van der Waals surface area contributed by atoms with Crippen molar-refractivity contribution < 1.29 is 19.2 Å². The third-order valence-electron chi connectivity index (χ3n) is 5.56. The van der Waals surface area contributed by atoms with Crippen LogP contribution in [0.15, 0.2) is 0 Å². The minimum Gasteiger partial charge on any atom is -0.368 e. The van der Waals surface area contributed by atoms with E-state index < -0.39 is 29.3 Å². The highest BCUT2D eigenvalue weighted by Gasteiger charge is 2.43. The number of amides is 4. The van der Waals surface area contributed by atoms with Crippen LogP contribution in [-0.4, -0.2) is 69.9 Å². The summed E-state index contributed by atoms with van der Waals surface area (Å²) in [5, 5.41) is 2.17. The van der Waals surface area contributed by atoms with E-state index in [0.717, 1.165) is 19.3 Å². The van der Waals surface area contributed by atoms with Crippen molar-refractivity contribution >= 4 is 36.3 Å². The molecule has 0 bridgehead atoms. The largest absolute Gasteiger partial charge is 0.368 e. The number of hydrogen-bond donors (Lipinski definition) is 3. The molecule has 9 heteroatoms. The van der Waals surface area contributed by atoms with Crippen molar-refractivity contribution in [2.45, 2.75) is 82.2 Å². The Morgan fingerprint density at radius 3 is 2.32 bits per heavy atom. The Balaban J connectivity index is 2.05. The van der Waals surface area contributed by atoms with Gasteiger partial charge in [-0.25, -0.2) is 0 Å². The molecule has 0 aromatic heterocycles. The molecule has 2 rings (SSSR count). The van der Waals surface area contributed by atoms with Crippen molar-refractivity contribution in [2.75, 3.05) is 13.1 Å². The highest BCUT2D eigenvalue weighted by Crippen LogP contribution is 2.26. The fourth-order valence-electron chi connectivity index (χ4n) is 3.87. The molecule has 2 fully saturated rings. The standard InChI is InChI=1S/C19H32N4O4S/c1-3-4-9-15(28)19(27)23-11-6-8-14(23)18(26)22-10-5-7-13(22)17(25)21-12(2)16(20)24/h12-15,28H,3-11H2,1-2H3,(H2,20,24)(H,21,25). The number of rotatable bonds is 8. The summed E-state index contributed by atoms with van der Waals surface area (Å²) in [6.07, 6.45) is 5.20. The van der Waals surface area contributed by atoms with Crippen molar-refractivity contribution in [3.8, 4) is 0 Å². The van der Waals surface area contributed by atoms with Crippen LogP contribution in [0.4, 0.5) is 0 Å². The number of nitrogens with zero attached hydrogens (tertiary/aromatic N) is 2. The molecule has 0 aromatic carbocycles. The van der Waals surface area contributed by atoms with E-state index in [1.807, 2.05) is 0 Å². The quantitative estimate of drug-likeness (QED) is 0.502. The Kier molecular flexibility index (Phi) is 8.15. The molecule has 4 atom stereocenters. The summed E-state index contributed by atoms with van der Waals surface area (Å²) >= 11 is 4.44. The first-order valence-electron chi connectivity index (χ1n) is 10.2. The monoisotopic (exact) mass is 412 g/mol. The molecular formula is C19H32N4O4S. The summed E-state index contributed by atoms with van der Waals surface area (Å²) in [6, 6.07) is -1.96. The van der Waals surface area contributed by atoms with Crippen LogP contribution in [0, 0.1) is 0 Å². The van der Waals surface area contributed by atoms with Gasteiger partial charge in [-0.05, 0) is 39.0 Å². The second-order valence-electron chi connectivity index (χ2n) is 7.67. The molecule has 3 N–H and O–H groups in total. The summed E-state index contributed by atoms with van der Waals surface area (Å²) in [4.78, 5) is 52.9. The van der Waals surface area contributed by atoms with Crippen molar-refractivity contribution in [1.29, 1.82) is 0 Å². The van der Waals surface area contributed by atoms with E-state index in [2.05, 4.69) is 24.9 Å². The van der Waals surface area contributed by atoms with E-state index in [-0.39, 0.29) is 17.7 Å². The van der Waals surface area contributed by atoms with Crippen LogP contribution in [-0.2, 0) is 19.2 Å². The lowest BCUT2D eigenvalue weighted by molar-refractivity contribution is -0.146. The zero-order chi connectivity index (χ0) is 20.8. The lowest BCUT2D eigenvalue weighted by atomic mass is 10.1. The number of carbonyl (C=O) groups is 4. The lowest BCUT2D eigenvalue weighted by Crippen LogP contribution is -2.55. The highest BCUT2D eigenvalue weighted by molar-refractivity contribution is 7.81. The fourth-order valence-corrected chi connectivity index (χ4v) is 4.21. The molecule has 0 spiro atoms. The molecule has 0 saturated carbocycles. The van der Waals surface area contributed by atoms with E-state index in [1.54, 1.807) is 9.80 Å². The van der Waals surface area contributed by atoms with Gasteiger partial charge in [-0.1, -0.05) is 19.8 Å². The summed E-state index contributed by atoms with van der Waals surface area (Å²) in [5.41, 5.74) is 5.21. The van der Waals surface area contributed by atoms with E-state index >= 15 is 0 Å². The Hall–Kier alpha value is -1.77. The zero-order valence-corrected chi connectivity index (χ0v) is 17.6. The molecule has 4 unspecified atom stereocenters. The maximum absolute atomic E-state index is 13.2. The van der Waals surface area contributed by atoms with Gasteiger partial charge in [0, 0.05) is 13.1 Å². The van der Waals surface area contributed by atoms with Crippen LogP contribution < -0.4 is 11.1 Å². The Morgan fingerprint density at radius 2 is 1.71 bits per heavy atom. The molecule has 2 heterocycles. The molecule has 2 aliphatic rings. The molecule has 4 amide bonds. The van der Waals surface area contributed by atoms with Crippen molar-refractivity contribution in [3.63, 3.8) is 0 Å². The number of hydrogen-bond acceptors (Lipinski definition) is 5. The van der Waals surface area contributed by atoms with E-state index in [0.29, 0.717) is 38.8 Å². The summed E-state index contributed by atoms with van der Waals surface area (Å²) in [5.74, 6) is -1.28. The Labute approximate surface area is 172 Å². The minimum atomic E-state index is -0.793. The van der Waals surface area contributed by atoms with Gasteiger partial charge >= 0.3 is 0 Å². The third kappa shape index (κ3) is 5.18. The molecule has 0 aliphatic carbocycles. The molecule has 28 heavy (non-hydrogen) atoms. The number of nitrogens with two attached hydrogens (primary N) is 1. The van der Waals surface area contributed by atoms with Gasteiger partial charge in [0.05, 0.1) is 5.25 Å². The molecule has 8 nitrogen and oxygen atoms in total. The second kappa shape index (κ2) is 10.1. The maximum Gasteiger partial charge on any atom is 0.246 e. The Bertz CT molecular complexity index is 615. The first-order valence-corrected chi connectivity index (χ1v) is 10.7. The molecule has 2 saturated heterocycles. The van der Waals surface area contributed by atoms with Gasteiger partial charge in [-0.15, -0.1) is 0 Å². The molecule has 0 radical (unpaired) electrons. The predicted molar refractivity (Wildman–Crippen MR) is 109 cm³/mol. The normalized spacial score (nSPS) is 24.1. The summed E-state index contributed by atoms with van der Waals surface area (Å²) in [7, 11) is 0. The lowest BCUT2D eigenvalue weighted by Gasteiger charge is -2.32. The average molecular weight is 413 g/mol. The number of carbonyl (C=O) groups excluding carboxylic acids is 4. The highest BCUT2D eigenvalue weighted by atomic mass is 32.1. The first kappa shape index (κ1) is 22.5. The smallest absolute Gasteiger partial charge is 0.246 e. The number of unbranched alkanes of at least 4 members (excludes halogenated alkanes) is 1. The van der Waals surface area contributed by atoms with Crippen molar-refractivity contribution in [2.24, 2.45) is 5.73 Å². The topological polar surface area (TPSA) is 113 Å². The summed E-state index contributed by atoms with van der Waals surface area (Å²) in [6.45, 7) is 4.59. The zero-order valence-electron chi connectivity index (χ0n) is 16.7. The SMILES string of the molecule is CCCCC(S)C(=O)N1CCCC1C(=O)N1CCCC1C(=O)NC(C)C(N)=O. The summed E-state index contributed by atoms with van der Waals surface area (Å²) < 4.78 is 0. The van der Waals surface area contributed by atoms with Gasteiger partial charge in [0.2, 0.25) is 23.6 Å². The van der Waals surface area contributed by atoms with Crippen LogP contribution in [0.5, 0.6) is 0 Å². The van der Waals surface area contributed by atoms with Crippen molar-refractivity contribution in [3.05, 3.63) is 0 Å². The third-order valence-corrected chi connectivity index (χ3v) is 6.04. The number of primary amides is 1. The van der Waals surface area contributed by atoms with Crippen molar-refractivity contribution in [1.82, 2.24) is 15.1 Å². The van der Waals surface area contributed by atoms with Gasteiger partial charge in [0.1, 0.15) is 18.1 Å². The fraction of sp³-hybridized carbons (Fsp3) is 0.789. The second-order valence-corrected chi connectivity index (χ2v) is 8.29. The number of nitrogens with one attached hydrogen (secondary N) is 1. The van der Waals surface area contributed by atoms with Crippen LogP contribution in [0.25, 0.3) is 0 Å². The van der Waals surface area contributed by atoms with Crippen LogP contribution >= 0.6 is 12.6 Å². The van der Waals surface area contributed by atoms with Gasteiger partial charge < -0.3 is 20.9 Å². The van der Waals surface area contributed by atoms with E-state index in [4.69, 9.17) is 5.73 Å². The first-order chi connectivity index (χ1) is 13.3. The number of likely N-dealkylation sites (tertiary alicyclic amines) is 2. The maximum atomic E-state index is 13.2. The van der Waals surface area contributed by atoms with Gasteiger partial charge in [0.25, 0.3) is 0 Å². The molecule has 158 valence electrons. The predicted octanol–water partition coefficient (Wildman–Crippen LogP) is 0.447. The van der Waals surface area contributed by atoms with Crippen LogP contribution in [0.1, 0.15) is 58.8 Å². The number of thiol groups is 1. The van der Waals surface area contributed by atoms with E-state index in [9.17, 15) is 19.2 Å². The Morgan fingerprint density at radius 1 is 1.11 bits per heavy atom. The average Bonchev–Trinajstić information content (AvgIpc) is 3.33. The molecule has 0 aromatic rings. The molecule has 2 aliphatic heterocycles. The van der Waals surface area contributed by atoms with Gasteiger partial charge in [0.15, 0.2) is 0 Å². The van der Waals surface area contributed by atoms with Gasteiger partial charge in [-0.2, -0.15) is 12.6 Å². The van der Waals surface area contributed by atoms with Crippen LogP contribution in [0.2, 0.25) is 0 Å². The molecular weight excluding hydrogens is 380 g/mol. The van der Waals surface area contributed by atoms with E-state index in [1.165, 1.54) is 6.92 Å². The minimum absolute atomic E-state index is 0.102. The van der Waals surface area contributed by atoms with Crippen LogP contribution in [0.3, 0.4) is 0 Å². The van der Waals surface area contributed by atoms with Gasteiger partial charge in [-0.3, -0.25) is 19.2 Å².